The molecule has 0 saturated carbocycles. The first kappa shape index (κ1) is 14.3. The number of aliphatic hydroxyl groups is 1. The molecular formula is C17H17N3O2. The van der Waals surface area contributed by atoms with Gasteiger partial charge >= 0.3 is 0 Å². The summed E-state index contributed by atoms with van der Waals surface area (Å²) in [5.41, 5.74) is 1.03. The molecule has 22 heavy (non-hydrogen) atoms. The van der Waals surface area contributed by atoms with Gasteiger partial charge in [0.05, 0.1) is 17.0 Å². The SMILES string of the molecule is CC(c1nc2ccccc2c(=O)n1N)C(O)c1ccccc1. The normalized spacial score (nSPS) is 13.9. The van der Waals surface area contributed by atoms with E-state index in [1.807, 2.05) is 36.4 Å². The van der Waals surface area contributed by atoms with Crippen molar-refractivity contribution in [3.63, 3.8) is 0 Å². The zero-order valence-electron chi connectivity index (χ0n) is 12.2. The van der Waals surface area contributed by atoms with Crippen LogP contribution in [-0.4, -0.2) is 14.8 Å². The molecule has 3 N–H and O–H groups in total. The van der Waals surface area contributed by atoms with Crippen molar-refractivity contribution in [3.8, 4) is 0 Å². The monoisotopic (exact) mass is 295 g/mol. The highest BCUT2D eigenvalue weighted by Gasteiger charge is 2.23. The standard InChI is InChI=1S/C17H17N3O2/c1-11(15(21)12-7-3-2-4-8-12)16-19-14-10-6-5-9-13(14)17(22)20(16)18/h2-11,15,21H,18H2,1H3. The van der Waals surface area contributed by atoms with Crippen LogP contribution in [0.1, 0.15) is 30.3 Å². The zero-order chi connectivity index (χ0) is 15.7. The summed E-state index contributed by atoms with van der Waals surface area (Å²) in [6.07, 6.45) is -0.788. The molecule has 5 nitrogen and oxygen atoms in total. The van der Waals surface area contributed by atoms with E-state index < -0.39 is 12.0 Å². The van der Waals surface area contributed by atoms with Gasteiger partial charge in [0.1, 0.15) is 5.82 Å². The maximum absolute atomic E-state index is 12.3. The Labute approximate surface area is 127 Å². The average Bonchev–Trinajstić information content (AvgIpc) is 2.57. The molecule has 0 bridgehead atoms. The zero-order valence-corrected chi connectivity index (χ0v) is 12.2. The number of hydrogen-bond acceptors (Lipinski definition) is 4. The first-order valence-electron chi connectivity index (χ1n) is 7.09. The van der Waals surface area contributed by atoms with Crippen LogP contribution >= 0.6 is 0 Å². The molecule has 3 aromatic rings. The molecule has 1 heterocycles. The molecule has 2 atom stereocenters. The Morgan fingerprint density at radius 3 is 2.45 bits per heavy atom. The molecule has 0 fully saturated rings. The maximum Gasteiger partial charge on any atom is 0.279 e. The third kappa shape index (κ3) is 2.35. The first-order valence-corrected chi connectivity index (χ1v) is 7.09. The van der Waals surface area contributed by atoms with E-state index in [1.165, 1.54) is 0 Å². The number of hydrogen-bond donors (Lipinski definition) is 2. The summed E-state index contributed by atoms with van der Waals surface area (Å²) < 4.78 is 1.03. The number of nitrogens with two attached hydrogens (primary N) is 1. The van der Waals surface area contributed by atoms with Gasteiger partial charge in [0.25, 0.3) is 5.56 Å². The molecule has 2 unspecified atom stereocenters. The second-order valence-electron chi connectivity index (χ2n) is 5.31. The molecule has 2 aromatic carbocycles. The summed E-state index contributed by atoms with van der Waals surface area (Å²) >= 11 is 0. The maximum atomic E-state index is 12.3. The second-order valence-corrected chi connectivity index (χ2v) is 5.31. The smallest absolute Gasteiger partial charge is 0.279 e. The summed E-state index contributed by atoms with van der Waals surface area (Å²) in [5, 5.41) is 11.0. The summed E-state index contributed by atoms with van der Waals surface area (Å²) in [6, 6.07) is 16.3. The van der Waals surface area contributed by atoms with Gasteiger partial charge in [-0.25, -0.2) is 9.66 Å². The number of nitrogens with zero attached hydrogens (tertiary/aromatic N) is 2. The van der Waals surface area contributed by atoms with Crippen molar-refractivity contribution in [2.45, 2.75) is 18.9 Å². The lowest BCUT2D eigenvalue weighted by Gasteiger charge is -2.20. The van der Waals surface area contributed by atoms with Crippen molar-refractivity contribution in [3.05, 3.63) is 76.3 Å². The van der Waals surface area contributed by atoms with Crippen LogP contribution in [0.3, 0.4) is 0 Å². The Balaban J connectivity index is 2.10. The van der Waals surface area contributed by atoms with Crippen molar-refractivity contribution >= 4 is 10.9 Å². The van der Waals surface area contributed by atoms with E-state index in [0.29, 0.717) is 16.7 Å². The summed E-state index contributed by atoms with van der Waals surface area (Å²) in [6.45, 7) is 1.80. The van der Waals surface area contributed by atoms with E-state index in [1.54, 1.807) is 25.1 Å². The molecule has 0 spiro atoms. The minimum atomic E-state index is -0.788. The molecular weight excluding hydrogens is 278 g/mol. The molecule has 0 aliphatic rings. The number of para-hydroxylation sites is 1. The quantitative estimate of drug-likeness (QED) is 0.724. The highest BCUT2D eigenvalue weighted by molar-refractivity contribution is 5.77. The Morgan fingerprint density at radius 1 is 1.09 bits per heavy atom. The molecule has 3 rings (SSSR count). The van der Waals surface area contributed by atoms with E-state index in [2.05, 4.69) is 4.98 Å². The molecule has 0 saturated heterocycles. The number of rotatable bonds is 3. The van der Waals surface area contributed by atoms with Gasteiger partial charge in [-0.15, -0.1) is 0 Å². The fourth-order valence-corrected chi connectivity index (χ4v) is 2.56. The minimum Gasteiger partial charge on any atom is -0.388 e. The van der Waals surface area contributed by atoms with Gasteiger partial charge in [-0.1, -0.05) is 49.4 Å². The Hall–Kier alpha value is -2.66. The van der Waals surface area contributed by atoms with Crippen molar-refractivity contribution in [2.75, 3.05) is 5.84 Å². The van der Waals surface area contributed by atoms with Gasteiger partial charge in [-0.3, -0.25) is 4.79 Å². The Kier molecular flexibility index (Phi) is 3.65. The molecule has 0 aliphatic heterocycles. The Morgan fingerprint density at radius 2 is 1.73 bits per heavy atom. The lowest BCUT2D eigenvalue weighted by atomic mass is 9.96. The number of nitrogen functional groups attached to an aromatic ring is 1. The van der Waals surface area contributed by atoms with E-state index in [9.17, 15) is 9.90 Å². The van der Waals surface area contributed by atoms with Gasteiger partial charge < -0.3 is 10.9 Å². The Bertz CT molecular complexity index is 859. The van der Waals surface area contributed by atoms with Gasteiger partial charge in [0, 0.05) is 5.92 Å². The van der Waals surface area contributed by atoms with E-state index in [-0.39, 0.29) is 5.56 Å². The number of fused-ring (bicyclic) bond motifs is 1. The largest absolute Gasteiger partial charge is 0.388 e. The lowest BCUT2D eigenvalue weighted by Crippen LogP contribution is -2.33. The van der Waals surface area contributed by atoms with Gasteiger partial charge in [0.2, 0.25) is 0 Å². The van der Waals surface area contributed by atoms with Gasteiger partial charge in [-0.2, -0.15) is 0 Å². The van der Waals surface area contributed by atoms with Crippen LogP contribution in [0.25, 0.3) is 10.9 Å². The fourth-order valence-electron chi connectivity index (χ4n) is 2.56. The molecule has 0 aliphatic carbocycles. The number of aromatic nitrogens is 2. The molecule has 1 aromatic heterocycles. The molecule has 5 heteroatoms. The van der Waals surface area contributed by atoms with E-state index >= 15 is 0 Å². The highest BCUT2D eigenvalue weighted by Crippen LogP contribution is 2.28. The molecule has 112 valence electrons. The third-order valence-corrected chi connectivity index (χ3v) is 3.86. The predicted octanol–water partition coefficient (Wildman–Crippen LogP) is 1.95. The van der Waals surface area contributed by atoms with E-state index in [0.717, 1.165) is 10.2 Å². The summed E-state index contributed by atoms with van der Waals surface area (Å²) in [7, 11) is 0. The van der Waals surface area contributed by atoms with E-state index in [4.69, 9.17) is 5.84 Å². The van der Waals surface area contributed by atoms with Crippen molar-refractivity contribution in [2.24, 2.45) is 0 Å². The van der Waals surface area contributed by atoms with Crippen LogP contribution in [0, 0.1) is 0 Å². The molecule has 0 amide bonds. The van der Waals surface area contributed by atoms with Crippen LogP contribution in [0.4, 0.5) is 0 Å². The average molecular weight is 295 g/mol. The van der Waals surface area contributed by atoms with Crippen LogP contribution < -0.4 is 11.4 Å². The highest BCUT2D eigenvalue weighted by atomic mass is 16.3. The van der Waals surface area contributed by atoms with Crippen LogP contribution in [-0.2, 0) is 0 Å². The third-order valence-electron chi connectivity index (χ3n) is 3.86. The van der Waals surface area contributed by atoms with Crippen LogP contribution in [0.15, 0.2) is 59.4 Å². The topological polar surface area (TPSA) is 81.1 Å². The number of aliphatic hydroxyl groups excluding tert-OH is 1. The summed E-state index contributed by atoms with van der Waals surface area (Å²) in [5.74, 6) is 5.84. The predicted molar refractivity (Wildman–Crippen MR) is 86.0 cm³/mol. The molecule has 0 radical (unpaired) electrons. The first-order chi connectivity index (χ1) is 10.6. The van der Waals surface area contributed by atoms with Gasteiger partial charge in [0.15, 0.2) is 0 Å². The summed E-state index contributed by atoms with van der Waals surface area (Å²) in [4.78, 5) is 16.8. The van der Waals surface area contributed by atoms with Crippen molar-refractivity contribution in [1.82, 2.24) is 9.66 Å². The van der Waals surface area contributed by atoms with Crippen LogP contribution in [0.5, 0.6) is 0 Å². The van der Waals surface area contributed by atoms with Crippen LogP contribution in [0.2, 0.25) is 0 Å². The number of benzene rings is 2. The fraction of sp³-hybridized carbons (Fsp3) is 0.176. The van der Waals surface area contributed by atoms with Crippen molar-refractivity contribution < 1.29 is 5.11 Å². The van der Waals surface area contributed by atoms with Crippen molar-refractivity contribution in [1.29, 1.82) is 0 Å². The second kappa shape index (κ2) is 5.61. The lowest BCUT2D eigenvalue weighted by molar-refractivity contribution is 0.147. The van der Waals surface area contributed by atoms with Gasteiger partial charge in [-0.05, 0) is 17.7 Å². The minimum absolute atomic E-state index is 0.312.